The Morgan fingerprint density at radius 3 is 2.61 bits per heavy atom. The van der Waals surface area contributed by atoms with Crippen molar-refractivity contribution in [1.82, 2.24) is 5.32 Å². The summed E-state index contributed by atoms with van der Waals surface area (Å²) in [6, 6.07) is 5.73. The van der Waals surface area contributed by atoms with E-state index in [1.807, 2.05) is 12.1 Å². The lowest BCUT2D eigenvalue weighted by molar-refractivity contribution is -0.127. The molecule has 124 valence electrons. The standard InChI is InChI=1S/C19H26N2O2/c1-13-7-8-16(11-14(13)2)21-10-9-17(19(21)23)20-18(22)12-15-5-3-4-6-15/h7-8,11,15,17H,3-6,9-10,12H2,1-2H3,(H,20,22). The third-order valence-electron chi connectivity index (χ3n) is 5.29. The molecule has 1 unspecified atom stereocenters. The number of hydrogen-bond donors (Lipinski definition) is 1. The van der Waals surface area contributed by atoms with Gasteiger partial charge < -0.3 is 10.2 Å². The smallest absolute Gasteiger partial charge is 0.249 e. The lowest BCUT2D eigenvalue weighted by atomic mass is 10.0. The second kappa shape index (κ2) is 6.73. The van der Waals surface area contributed by atoms with Crippen LogP contribution in [-0.2, 0) is 9.59 Å². The number of anilines is 1. The fourth-order valence-corrected chi connectivity index (χ4v) is 3.69. The third kappa shape index (κ3) is 3.57. The monoisotopic (exact) mass is 314 g/mol. The Labute approximate surface area is 138 Å². The summed E-state index contributed by atoms with van der Waals surface area (Å²) in [5.41, 5.74) is 3.34. The number of carbonyl (C=O) groups excluding carboxylic acids is 2. The Kier molecular flexibility index (Phi) is 4.69. The molecule has 3 rings (SSSR count). The molecule has 1 aliphatic carbocycles. The summed E-state index contributed by atoms with van der Waals surface area (Å²) in [5, 5.41) is 2.95. The molecule has 1 saturated heterocycles. The zero-order valence-electron chi connectivity index (χ0n) is 14.1. The molecule has 0 spiro atoms. The summed E-state index contributed by atoms with van der Waals surface area (Å²) < 4.78 is 0. The second-order valence-electron chi connectivity index (χ2n) is 7.02. The molecular weight excluding hydrogens is 288 g/mol. The van der Waals surface area contributed by atoms with E-state index in [0.29, 0.717) is 25.3 Å². The first-order valence-electron chi connectivity index (χ1n) is 8.72. The van der Waals surface area contributed by atoms with Gasteiger partial charge in [0, 0.05) is 18.7 Å². The average molecular weight is 314 g/mol. The van der Waals surface area contributed by atoms with Gasteiger partial charge in [-0.3, -0.25) is 9.59 Å². The molecule has 2 amide bonds. The molecule has 1 N–H and O–H groups in total. The van der Waals surface area contributed by atoms with Gasteiger partial charge in [-0.15, -0.1) is 0 Å². The fourth-order valence-electron chi connectivity index (χ4n) is 3.69. The number of benzene rings is 1. The first-order chi connectivity index (χ1) is 11.0. The minimum Gasteiger partial charge on any atom is -0.344 e. The quantitative estimate of drug-likeness (QED) is 0.928. The van der Waals surface area contributed by atoms with Crippen molar-refractivity contribution in [1.29, 1.82) is 0 Å². The van der Waals surface area contributed by atoms with Crippen LogP contribution in [0.2, 0.25) is 0 Å². The van der Waals surface area contributed by atoms with Gasteiger partial charge in [-0.05, 0) is 62.3 Å². The first-order valence-corrected chi connectivity index (χ1v) is 8.72. The number of aryl methyl sites for hydroxylation is 2. The van der Waals surface area contributed by atoms with Crippen molar-refractivity contribution in [3.05, 3.63) is 29.3 Å². The van der Waals surface area contributed by atoms with Crippen LogP contribution in [0.25, 0.3) is 0 Å². The van der Waals surface area contributed by atoms with Crippen molar-refractivity contribution in [3.8, 4) is 0 Å². The average Bonchev–Trinajstić information content (AvgIpc) is 3.13. The maximum Gasteiger partial charge on any atom is 0.249 e. The zero-order valence-corrected chi connectivity index (χ0v) is 14.1. The van der Waals surface area contributed by atoms with E-state index in [2.05, 4.69) is 25.2 Å². The van der Waals surface area contributed by atoms with Crippen molar-refractivity contribution in [2.24, 2.45) is 5.92 Å². The Balaban J connectivity index is 1.59. The molecule has 1 saturated carbocycles. The van der Waals surface area contributed by atoms with Gasteiger partial charge in [0.1, 0.15) is 6.04 Å². The van der Waals surface area contributed by atoms with Crippen LogP contribution in [0.4, 0.5) is 5.69 Å². The Morgan fingerprint density at radius 1 is 1.17 bits per heavy atom. The zero-order chi connectivity index (χ0) is 16.4. The number of amides is 2. The number of hydrogen-bond acceptors (Lipinski definition) is 2. The molecule has 0 radical (unpaired) electrons. The summed E-state index contributed by atoms with van der Waals surface area (Å²) >= 11 is 0. The summed E-state index contributed by atoms with van der Waals surface area (Å²) in [6.07, 6.45) is 6.05. The van der Waals surface area contributed by atoms with Crippen molar-refractivity contribution in [3.63, 3.8) is 0 Å². The topological polar surface area (TPSA) is 49.4 Å². The van der Waals surface area contributed by atoms with Gasteiger partial charge in [0.05, 0.1) is 0 Å². The van der Waals surface area contributed by atoms with E-state index < -0.39 is 0 Å². The first kappa shape index (κ1) is 16.0. The van der Waals surface area contributed by atoms with E-state index in [0.717, 1.165) is 18.5 Å². The van der Waals surface area contributed by atoms with Crippen LogP contribution >= 0.6 is 0 Å². The number of rotatable bonds is 4. The largest absolute Gasteiger partial charge is 0.344 e. The highest BCUT2D eigenvalue weighted by Gasteiger charge is 2.34. The molecule has 23 heavy (non-hydrogen) atoms. The van der Waals surface area contributed by atoms with Crippen LogP contribution < -0.4 is 10.2 Å². The summed E-state index contributed by atoms with van der Waals surface area (Å²) in [7, 11) is 0. The van der Waals surface area contributed by atoms with Crippen LogP contribution in [0.15, 0.2) is 18.2 Å². The van der Waals surface area contributed by atoms with Crippen molar-refractivity contribution in [2.45, 2.75) is 58.4 Å². The van der Waals surface area contributed by atoms with Crippen LogP contribution in [-0.4, -0.2) is 24.4 Å². The van der Waals surface area contributed by atoms with Crippen LogP contribution in [0, 0.1) is 19.8 Å². The molecular formula is C19H26N2O2. The highest BCUT2D eigenvalue weighted by molar-refractivity contribution is 6.01. The molecule has 4 heteroatoms. The highest BCUT2D eigenvalue weighted by Crippen LogP contribution is 2.28. The molecule has 1 heterocycles. The van der Waals surface area contributed by atoms with Crippen molar-refractivity contribution in [2.75, 3.05) is 11.4 Å². The molecule has 1 aliphatic heterocycles. The van der Waals surface area contributed by atoms with E-state index in [-0.39, 0.29) is 17.9 Å². The lowest BCUT2D eigenvalue weighted by Crippen LogP contribution is -2.42. The van der Waals surface area contributed by atoms with Crippen LogP contribution in [0.5, 0.6) is 0 Å². The predicted molar refractivity (Wildman–Crippen MR) is 91.4 cm³/mol. The summed E-state index contributed by atoms with van der Waals surface area (Å²) in [4.78, 5) is 26.5. The molecule has 2 aliphatic rings. The Morgan fingerprint density at radius 2 is 1.91 bits per heavy atom. The van der Waals surface area contributed by atoms with E-state index in [4.69, 9.17) is 0 Å². The van der Waals surface area contributed by atoms with Crippen LogP contribution in [0.3, 0.4) is 0 Å². The van der Waals surface area contributed by atoms with Crippen LogP contribution in [0.1, 0.15) is 49.7 Å². The van der Waals surface area contributed by atoms with Crippen molar-refractivity contribution < 1.29 is 9.59 Å². The number of carbonyl (C=O) groups is 2. The van der Waals surface area contributed by atoms with Gasteiger partial charge in [0.25, 0.3) is 0 Å². The normalized spacial score (nSPS) is 21.9. The SMILES string of the molecule is Cc1ccc(N2CCC(NC(=O)CC3CCCC3)C2=O)cc1C. The molecule has 2 fully saturated rings. The second-order valence-corrected chi connectivity index (χ2v) is 7.02. The molecule has 4 nitrogen and oxygen atoms in total. The number of nitrogens with one attached hydrogen (secondary N) is 1. The summed E-state index contributed by atoms with van der Waals surface area (Å²) in [6.45, 7) is 4.80. The minimum absolute atomic E-state index is 0.0213. The van der Waals surface area contributed by atoms with Gasteiger partial charge in [0.15, 0.2) is 0 Å². The van der Waals surface area contributed by atoms with Gasteiger partial charge in [-0.25, -0.2) is 0 Å². The maximum absolute atomic E-state index is 12.6. The van der Waals surface area contributed by atoms with Gasteiger partial charge in [-0.1, -0.05) is 18.9 Å². The summed E-state index contributed by atoms with van der Waals surface area (Å²) in [5.74, 6) is 0.576. The van der Waals surface area contributed by atoms with E-state index in [1.165, 1.54) is 24.0 Å². The Bertz CT molecular complexity index is 605. The number of nitrogens with zero attached hydrogens (tertiary/aromatic N) is 1. The van der Waals surface area contributed by atoms with Gasteiger partial charge in [0.2, 0.25) is 11.8 Å². The maximum atomic E-state index is 12.6. The van der Waals surface area contributed by atoms with E-state index >= 15 is 0 Å². The third-order valence-corrected chi connectivity index (χ3v) is 5.29. The van der Waals surface area contributed by atoms with Gasteiger partial charge >= 0.3 is 0 Å². The molecule has 1 aromatic rings. The van der Waals surface area contributed by atoms with E-state index in [9.17, 15) is 9.59 Å². The minimum atomic E-state index is -0.356. The molecule has 1 aromatic carbocycles. The lowest BCUT2D eigenvalue weighted by Gasteiger charge is -2.19. The molecule has 1 atom stereocenters. The Hall–Kier alpha value is -1.84. The molecule has 0 aromatic heterocycles. The van der Waals surface area contributed by atoms with Gasteiger partial charge in [-0.2, -0.15) is 0 Å². The van der Waals surface area contributed by atoms with E-state index in [1.54, 1.807) is 4.90 Å². The fraction of sp³-hybridized carbons (Fsp3) is 0.579. The predicted octanol–water partition coefficient (Wildman–Crippen LogP) is 3.11. The highest BCUT2D eigenvalue weighted by atomic mass is 16.2. The molecule has 0 bridgehead atoms. The van der Waals surface area contributed by atoms with Crippen molar-refractivity contribution >= 4 is 17.5 Å².